The van der Waals surface area contributed by atoms with Crippen molar-refractivity contribution in [2.75, 3.05) is 0 Å². The number of hydrogen-bond acceptors (Lipinski definition) is 0. The van der Waals surface area contributed by atoms with E-state index in [2.05, 4.69) is 37.8 Å². The van der Waals surface area contributed by atoms with Crippen LogP contribution in [0.4, 0.5) is 4.39 Å². The van der Waals surface area contributed by atoms with Crippen molar-refractivity contribution < 1.29 is 4.39 Å². The standard InChI is InChI=1S/C34H49F/c1-3-24-5-9-26(10-6-24)28-13-15-30(16-14-28)32-21-22-33(34(35)23-32)31-19-17-29(18-20-31)27-11-7-25(4-2)8-12-27/h3,19,21-30H,1,4-18,20H2,2H3. The SMILES string of the molecule is C=CC1CCC(C2CCC(c3ccc(C4=CCC(C5CCC(CC)CC5)CC4)c(F)c3)CC2)CC1. The third kappa shape index (κ3) is 5.97. The van der Waals surface area contributed by atoms with Crippen LogP contribution in [-0.4, -0.2) is 0 Å². The van der Waals surface area contributed by atoms with Crippen LogP contribution in [0, 0.1) is 41.3 Å². The summed E-state index contributed by atoms with van der Waals surface area (Å²) < 4.78 is 15.3. The van der Waals surface area contributed by atoms with Crippen LogP contribution in [-0.2, 0) is 0 Å². The summed E-state index contributed by atoms with van der Waals surface area (Å²) in [7, 11) is 0. The highest BCUT2D eigenvalue weighted by Crippen LogP contribution is 2.45. The van der Waals surface area contributed by atoms with E-state index in [0.29, 0.717) is 5.92 Å². The molecule has 3 saturated carbocycles. The summed E-state index contributed by atoms with van der Waals surface area (Å²) in [5.74, 6) is 5.89. The van der Waals surface area contributed by atoms with Crippen molar-refractivity contribution in [3.63, 3.8) is 0 Å². The van der Waals surface area contributed by atoms with Crippen LogP contribution in [0.1, 0.15) is 127 Å². The minimum Gasteiger partial charge on any atom is -0.206 e. The fourth-order valence-electron chi connectivity index (χ4n) is 8.42. The maximum Gasteiger partial charge on any atom is 0.130 e. The first kappa shape index (κ1) is 25.3. The molecule has 192 valence electrons. The van der Waals surface area contributed by atoms with Gasteiger partial charge in [-0.3, -0.25) is 0 Å². The van der Waals surface area contributed by atoms with E-state index in [4.69, 9.17) is 0 Å². The van der Waals surface area contributed by atoms with Gasteiger partial charge in [-0.2, -0.15) is 0 Å². The van der Waals surface area contributed by atoms with Crippen molar-refractivity contribution in [3.05, 3.63) is 53.9 Å². The van der Waals surface area contributed by atoms with Gasteiger partial charge >= 0.3 is 0 Å². The van der Waals surface area contributed by atoms with Crippen molar-refractivity contribution in [2.45, 2.75) is 116 Å². The summed E-state index contributed by atoms with van der Waals surface area (Å²) in [5, 5.41) is 0. The molecule has 4 aliphatic rings. The summed E-state index contributed by atoms with van der Waals surface area (Å²) in [6.07, 6.45) is 25.8. The maximum atomic E-state index is 15.3. The predicted molar refractivity (Wildman–Crippen MR) is 148 cm³/mol. The van der Waals surface area contributed by atoms with E-state index in [9.17, 15) is 0 Å². The molecular weight excluding hydrogens is 427 g/mol. The van der Waals surface area contributed by atoms with Crippen LogP contribution in [0.5, 0.6) is 0 Å². The fraction of sp³-hybridized carbons (Fsp3) is 0.706. The van der Waals surface area contributed by atoms with Crippen LogP contribution in [0.15, 0.2) is 36.9 Å². The van der Waals surface area contributed by atoms with Crippen LogP contribution in [0.2, 0.25) is 0 Å². The second kappa shape index (κ2) is 11.8. The Bertz CT molecular complexity index is 857. The van der Waals surface area contributed by atoms with Crippen molar-refractivity contribution in [1.29, 1.82) is 0 Å². The Balaban J connectivity index is 1.13. The minimum absolute atomic E-state index is 0.0283. The van der Waals surface area contributed by atoms with Gasteiger partial charge in [0.1, 0.15) is 5.82 Å². The van der Waals surface area contributed by atoms with Gasteiger partial charge in [-0.25, -0.2) is 4.39 Å². The average molecular weight is 477 g/mol. The van der Waals surface area contributed by atoms with E-state index >= 15 is 4.39 Å². The zero-order valence-corrected chi connectivity index (χ0v) is 22.3. The molecule has 1 unspecified atom stereocenters. The quantitative estimate of drug-likeness (QED) is 0.358. The van der Waals surface area contributed by atoms with Crippen molar-refractivity contribution >= 4 is 5.57 Å². The Kier molecular flexibility index (Phi) is 8.51. The lowest BCUT2D eigenvalue weighted by Crippen LogP contribution is -2.25. The second-order valence-electron chi connectivity index (χ2n) is 12.7. The smallest absolute Gasteiger partial charge is 0.130 e. The first-order chi connectivity index (χ1) is 17.1. The van der Waals surface area contributed by atoms with E-state index < -0.39 is 0 Å². The van der Waals surface area contributed by atoms with Gasteiger partial charge in [0.05, 0.1) is 0 Å². The Hall–Kier alpha value is -1.37. The van der Waals surface area contributed by atoms with E-state index in [-0.39, 0.29) is 5.82 Å². The van der Waals surface area contributed by atoms with Gasteiger partial charge in [-0.1, -0.05) is 50.5 Å². The fourth-order valence-corrected chi connectivity index (χ4v) is 8.42. The molecule has 0 N–H and O–H groups in total. The zero-order valence-electron chi connectivity index (χ0n) is 22.3. The minimum atomic E-state index is 0.0283. The summed E-state index contributed by atoms with van der Waals surface area (Å²) in [6, 6.07) is 6.28. The lowest BCUT2D eigenvalue weighted by molar-refractivity contribution is 0.171. The molecule has 0 aromatic heterocycles. The van der Waals surface area contributed by atoms with Gasteiger partial charge in [0.15, 0.2) is 0 Å². The van der Waals surface area contributed by atoms with Crippen molar-refractivity contribution in [3.8, 4) is 0 Å². The molecule has 0 amide bonds. The highest BCUT2D eigenvalue weighted by atomic mass is 19.1. The number of allylic oxidation sites excluding steroid dienone is 3. The van der Waals surface area contributed by atoms with Crippen LogP contribution in [0.25, 0.3) is 5.57 Å². The number of rotatable bonds is 6. The van der Waals surface area contributed by atoms with E-state index in [1.807, 2.05) is 6.07 Å². The van der Waals surface area contributed by atoms with Crippen LogP contribution < -0.4 is 0 Å². The lowest BCUT2D eigenvalue weighted by atomic mass is 9.68. The molecule has 0 radical (unpaired) electrons. The highest BCUT2D eigenvalue weighted by molar-refractivity contribution is 5.67. The first-order valence-corrected chi connectivity index (χ1v) is 15.3. The molecule has 35 heavy (non-hydrogen) atoms. The zero-order chi connectivity index (χ0) is 24.2. The predicted octanol–water partition coefficient (Wildman–Crippen LogP) is 10.5. The Morgan fingerprint density at radius 1 is 0.800 bits per heavy atom. The molecular formula is C34H49F. The van der Waals surface area contributed by atoms with Gasteiger partial charge in [-0.15, -0.1) is 6.58 Å². The third-order valence-electron chi connectivity index (χ3n) is 11.0. The van der Waals surface area contributed by atoms with E-state index in [1.165, 1.54) is 101 Å². The third-order valence-corrected chi connectivity index (χ3v) is 11.0. The van der Waals surface area contributed by atoms with Crippen LogP contribution in [0.3, 0.4) is 0 Å². The molecule has 0 nitrogen and oxygen atoms in total. The molecule has 0 bridgehead atoms. The lowest BCUT2D eigenvalue weighted by Gasteiger charge is -2.37. The first-order valence-electron chi connectivity index (χ1n) is 15.3. The van der Waals surface area contributed by atoms with Gasteiger partial charge < -0.3 is 0 Å². The molecule has 0 heterocycles. The Morgan fingerprint density at radius 2 is 1.43 bits per heavy atom. The van der Waals surface area contributed by atoms with Gasteiger partial charge in [0, 0.05) is 5.56 Å². The van der Waals surface area contributed by atoms with E-state index in [0.717, 1.165) is 53.9 Å². The Labute approximate surface area is 214 Å². The van der Waals surface area contributed by atoms with Gasteiger partial charge in [-0.05, 0) is 142 Å². The largest absolute Gasteiger partial charge is 0.206 e. The molecule has 4 aliphatic carbocycles. The number of benzene rings is 1. The Morgan fingerprint density at radius 3 is 2.00 bits per heavy atom. The molecule has 1 atom stereocenters. The number of hydrogen-bond donors (Lipinski definition) is 0. The topological polar surface area (TPSA) is 0 Å². The molecule has 1 heteroatoms. The summed E-state index contributed by atoms with van der Waals surface area (Å²) in [6.45, 7) is 6.35. The summed E-state index contributed by atoms with van der Waals surface area (Å²) in [5.41, 5.74) is 3.41. The molecule has 0 aliphatic heterocycles. The van der Waals surface area contributed by atoms with E-state index in [1.54, 1.807) is 0 Å². The monoisotopic (exact) mass is 476 g/mol. The van der Waals surface area contributed by atoms with Gasteiger partial charge in [0.25, 0.3) is 0 Å². The highest BCUT2D eigenvalue weighted by Gasteiger charge is 2.32. The summed E-state index contributed by atoms with van der Waals surface area (Å²) >= 11 is 0. The number of halogens is 1. The van der Waals surface area contributed by atoms with Gasteiger partial charge in [0.2, 0.25) is 0 Å². The van der Waals surface area contributed by atoms with Crippen molar-refractivity contribution in [1.82, 2.24) is 0 Å². The maximum absolute atomic E-state index is 15.3. The molecule has 1 aromatic rings. The molecule has 1 aromatic carbocycles. The second-order valence-corrected chi connectivity index (χ2v) is 12.7. The molecule has 3 fully saturated rings. The van der Waals surface area contributed by atoms with Crippen LogP contribution >= 0.6 is 0 Å². The normalized spacial score (nSPS) is 36.4. The molecule has 5 rings (SSSR count). The molecule has 0 spiro atoms. The van der Waals surface area contributed by atoms with Crippen molar-refractivity contribution in [2.24, 2.45) is 35.5 Å². The molecule has 0 saturated heterocycles. The summed E-state index contributed by atoms with van der Waals surface area (Å²) in [4.78, 5) is 0. The average Bonchev–Trinajstić information content (AvgIpc) is 2.93.